The van der Waals surface area contributed by atoms with Gasteiger partial charge < -0.3 is 28.1 Å². The standard InChI is InChI=1S/2C42H70O7S.Ca/c2*1-3-5-7-9-11-13-15-17-19-21-23-25-27-29-31-36-48-41(43)38-34-33-35-39(50(45,46)47)40(38)42(44)49-37-32-30-28-26-24-22-20-18-16-14-12-10-8-6-4-2;/h2*19-22,33-35H,3-18,23-32,36-37H2,1-2H3,(H,45,46,47);/q;;+2/p-2/b2*21-19+,22-20+;. The summed E-state index contributed by atoms with van der Waals surface area (Å²) in [6.07, 6.45) is 78.0. The Morgan fingerprint density at radius 1 is 0.277 bits per heavy atom. The van der Waals surface area contributed by atoms with Gasteiger partial charge in [0.15, 0.2) is 0 Å². The summed E-state index contributed by atoms with van der Waals surface area (Å²) in [6, 6.07) is 7.19. The summed E-state index contributed by atoms with van der Waals surface area (Å²) >= 11 is 0. The molecule has 0 aliphatic rings. The van der Waals surface area contributed by atoms with E-state index in [9.17, 15) is 45.1 Å². The summed E-state index contributed by atoms with van der Waals surface area (Å²) in [5.41, 5.74) is -1.61. The molecule has 0 N–H and O–H groups in total. The first-order valence-electron chi connectivity index (χ1n) is 40.1. The summed E-state index contributed by atoms with van der Waals surface area (Å²) in [7, 11) is -10.0. The Hall–Kier alpha value is -3.64. The van der Waals surface area contributed by atoms with Gasteiger partial charge in [-0.25, -0.2) is 36.0 Å². The van der Waals surface area contributed by atoms with Crippen molar-refractivity contribution in [2.45, 2.75) is 371 Å². The number of carbonyl (C=O) groups is 4. The van der Waals surface area contributed by atoms with Crippen LogP contribution >= 0.6 is 0 Å². The Bertz CT molecular complexity index is 2540. The van der Waals surface area contributed by atoms with Gasteiger partial charge in [0.25, 0.3) is 0 Å². The molecule has 17 heteroatoms. The molecule has 0 bridgehead atoms. The van der Waals surface area contributed by atoms with E-state index in [0.29, 0.717) is 25.7 Å². The van der Waals surface area contributed by atoms with Crippen molar-refractivity contribution in [1.29, 1.82) is 0 Å². The van der Waals surface area contributed by atoms with Crippen molar-refractivity contribution in [3.8, 4) is 0 Å². The van der Waals surface area contributed by atoms with Crippen LogP contribution in [0, 0.1) is 0 Å². The van der Waals surface area contributed by atoms with E-state index in [1.165, 1.54) is 204 Å². The van der Waals surface area contributed by atoms with Crippen LogP contribution in [-0.2, 0) is 39.2 Å². The third kappa shape index (κ3) is 55.5. The number of benzene rings is 2. The van der Waals surface area contributed by atoms with Crippen molar-refractivity contribution >= 4 is 81.9 Å². The molecule has 0 radical (unpaired) electrons. The molecule has 14 nitrogen and oxygen atoms in total. The number of allylic oxidation sites excluding steroid dienone is 8. The summed E-state index contributed by atoms with van der Waals surface area (Å²) in [5, 5.41) is 0. The number of esters is 4. The van der Waals surface area contributed by atoms with E-state index >= 15 is 0 Å². The average molecular weight is 1480 g/mol. The Balaban J connectivity index is 0.00000196. The van der Waals surface area contributed by atoms with Crippen molar-refractivity contribution in [2.24, 2.45) is 0 Å². The van der Waals surface area contributed by atoms with Crippen LogP contribution in [0.4, 0.5) is 0 Å². The van der Waals surface area contributed by atoms with Gasteiger partial charge in [0.05, 0.1) is 58.5 Å². The maximum atomic E-state index is 13.0. The van der Waals surface area contributed by atoms with Gasteiger partial charge in [-0.05, 0) is 153 Å². The van der Waals surface area contributed by atoms with Gasteiger partial charge in [-0.2, -0.15) is 0 Å². The molecule has 572 valence electrons. The normalized spacial score (nSPS) is 11.8. The zero-order valence-corrected chi connectivity index (χ0v) is 67.8. The van der Waals surface area contributed by atoms with Crippen LogP contribution in [0.25, 0.3) is 0 Å². The molecule has 0 heterocycles. The molecule has 0 unspecified atom stereocenters. The molecule has 0 saturated heterocycles. The van der Waals surface area contributed by atoms with E-state index in [4.69, 9.17) is 18.9 Å². The molecule has 0 aromatic heterocycles. The summed E-state index contributed by atoms with van der Waals surface area (Å²) in [5.74, 6) is -3.67. The first-order valence-corrected chi connectivity index (χ1v) is 42.9. The van der Waals surface area contributed by atoms with Crippen molar-refractivity contribution in [1.82, 2.24) is 0 Å². The van der Waals surface area contributed by atoms with E-state index in [1.807, 2.05) is 0 Å². The van der Waals surface area contributed by atoms with Crippen LogP contribution in [0.15, 0.2) is 94.8 Å². The maximum Gasteiger partial charge on any atom is 2.00 e. The van der Waals surface area contributed by atoms with E-state index in [1.54, 1.807) is 0 Å². The van der Waals surface area contributed by atoms with Gasteiger partial charge in [0.1, 0.15) is 20.2 Å². The Labute approximate surface area is 645 Å². The molecule has 2 aromatic rings. The zero-order valence-electron chi connectivity index (χ0n) is 63.9. The van der Waals surface area contributed by atoms with Crippen LogP contribution in [0.2, 0.25) is 0 Å². The smallest absolute Gasteiger partial charge is 0.744 e. The quantitative estimate of drug-likeness (QED) is 0.0150. The van der Waals surface area contributed by atoms with Gasteiger partial charge in [-0.1, -0.05) is 294 Å². The first-order chi connectivity index (χ1) is 48.6. The molecular formula is C84H138CaO14S2. The molecule has 0 spiro atoms. The van der Waals surface area contributed by atoms with Crippen LogP contribution in [0.1, 0.15) is 403 Å². The van der Waals surface area contributed by atoms with E-state index in [0.717, 1.165) is 141 Å². The fraction of sp³-hybridized carbons (Fsp3) is 0.714. The van der Waals surface area contributed by atoms with Crippen LogP contribution < -0.4 is 0 Å². The number of ether oxygens (including phenoxy) is 4. The first kappa shape index (κ1) is 97.4. The topological polar surface area (TPSA) is 220 Å². The Kier molecular flexibility index (Phi) is 66.9. The van der Waals surface area contributed by atoms with E-state index < -0.39 is 65.0 Å². The molecule has 2 aromatic carbocycles. The van der Waals surface area contributed by atoms with Crippen LogP contribution in [0.5, 0.6) is 0 Å². The predicted molar refractivity (Wildman–Crippen MR) is 415 cm³/mol. The van der Waals surface area contributed by atoms with Crippen molar-refractivity contribution in [2.75, 3.05) is 26.4 Å². The number of unbranched alkanes of at least 4 members (excludes halogenated alkanes) is 44. The van der Waals surface area contributed by atoms with Crippen LogP contribution in [0.3, 0.4) is 0 Å². The molecule has 0 saturated carbocycles. The molecule has 0 fully saturated rings. The van der Waals surface area contributed by atoms with Crippen LogP contribution in [-0.4, -0.2) is 114 Å². The maximum absolute atomic E-state index is 13.0. The molecule has 0 aliphatic carbocycles. The molecule has 2 rings (SSSR count). The molecule has 0 amide bonds. The van der Waals surface area contributed by atoms with Gasteiger partial charge in [-0.3, -0.25) is 0 Å². The van der Waals surface area contributed by atoms with E-state index in [2.05, 4.69) is 76.3 Å². The third-order valence-electron chi connectivity index (χ3n) is 18.0. The summed E-state index contributed by atoms with van der Waals surface area (Å²) in [4.78, 5) is 50.2. The van der Waals surface area contributed by atoms with Gasteiger partial charge in [-0.15, -0.1) is 0 Å². The van der Waals surface area contributed by atoms with Gasteiger partial charge in [0, 0.05) is 0 Å². The number of carbonyl (C=O) groups excluding carboxylic acids is 4. The molecule has 101 heavy (non-hydrogen) atoms. The minimum atomic E-state index is -5.02. The second-order valence-corrected chi connectivity index (χ2v) is 29.8. The monoisotopic (exact) mass is 1470 g/mol. The van der Waals surface area contributed by atoms with Gasteiger partial charge in [0.2, 0.25) is 0 Å². The van der Waals surface area contributed by atoms with Crippen molar-refractivity contribution < 1.29 is 64.1 Å². The minimum absolute atomic E-state index is 0. The summed E-state index contributed by atoms with van der Waals surface area (Å²) in [6.45, 7) is 9.40. The Morgan fingerprint density at radius 2 is 0.455 bits per heavy atom. The molecular weight excluding hydrogens is 1340 g/mol. The van der Waals surface area contributed by atoms with Gasteiger partial charge >= 0.3 is 61.6 Å². The number of rotatable bonds is 66. The summed E-state index contributed by atoms with van der Waals surface area (Å²) < 4.78 is 93.1. The third-order valence-corrected chi connectivity index (χ3v) is 19.8. The SMILES string of the molecule is CCCCCCCCC/C=C/CCCCCCOC(=O)c1cccc(S(=O)(=O)[O-])c1C(=O)OCCCCCC/C=C/CCCCCCCCC.CCCCCCCCC/C=C/CCCCCCOC(=O)c1cccc(S(=O)(=O)[O-])c1C(=O)OCCCCCC/C=C/CCCCCCCCC.[Ca+2]. The predicted octanol–water partition coefficient (Wildman–Crippen LogP) is 24.0. The number of hydrogen-bond acceptors (Lipinski definition) is 14. The second kappa shape index (κ2) is 69.4. The number of hydrogen-bond donors (Lipinski definition) is 0. The molecule has 0 atom stereocenters. The van der Waals surface area contributed by atoms with Crippen molar-refractivity contribution in [3.63, 3.8) is 0 Å². The van der Waals surface area contributed by atoms with E-state index in [-0.39, 0.29) is 75.3 Å². The largest absolute Gasteiger partial charge is 2.00 e. The average Bonchev–Trinajstić information content (AvgIpc) is 0.800. The second-order valence-electron chi connectivity index (χ2n) is 27.1. The fourth-order valence-corrected chi connectivity index (χ4v) is 13.3. The van der Waals surface area contributed by atoms with Crippen molar-refractivity contribution in [3.05, 3.63) is 107 Å². The Morgan fingerprint density at radius 3 is 0.653 bits per heavy atom. The zero-order chi connectivity index (χ0) is 73.1. The minimum Gasteiger partial charge on any atom is -0.744 e. The molecule has 0 aliphatic heterocycles. The fourth-order valence-electron chi connectivity index (χ4n) is 11.9.